The Morgan fingerprint density at radius 1 is 1.55 bits per heavy atom. The minimum absolute atomic E-state index is 0.0286. The van der Waals surface area contributed by atoms with Crippen molar-refractivity contribution in [3.05, 3.63) is 23.8 Å². The van der Waals surface area contributed by atoms with E-state index in [1.54, 1.807) is 6.92 Å². The highest BCUT2D eigenvalue weighted by Gasteiger charge is 2.25. The third kappa shape index (κ3) is 3.34. The maximum atomic E-state index is 11.5. The summed E-state index contributed by atoms with van der Waals surface area (Å²) in [5.41, 5.74) is 0.575. The van der Waals surface area contributed by atoms with E-state index in [9.17, 15) is 13.2 Å². The molecule has 0 aliphatic carbocycles. The van der Waals surface area contributed by atoms with Crippen molar-refractivity contribution in [3.63, 3.8) is 0 Å². The van der Waals surface area contributed by atoms with Crippen LogP contribution >= 0.6 is 10.7 Å². The molecular weight excluding hydrogens is 306 g/mol. The van der Waals surface area contributed by atoms with Crippen molar-refractivity contribution in [2.75, 3.05) is 13.2 Å². The van der Waals surface area contributed by atoms with Crippen LogP contribution in [0.2, 0.25) is 0 Å². The second-order valence-corrected chi connectivity index (χ2v) is 6.76. The van der Waals surface area contributed by atoms with E-state index < -0.39 is 15.1 Å². The van der Waals surface area contributed by atoms with Crippen LogP contribution in [0.4, 0.5) is 4.79 Å². The van der Waals surface area contributed by atoms with Gasteiger partial charge in [-0.05, 0) is 25.1 Å². The van der Waals surface area contributed by atoms with Crippen LogP contribution in [-0.2, 0) is 13.8 Å². The number of halogens is 1. The predicted molar refractivity (Wildman–Crippen MR) is 72.5 cm³/mol. The zero-order valence-corrected chi connectivity index (χ0v) is 12.3. The van der Waals surface area contributed by atoms with Gasteiger partial charge in [0.25, 0.3) is 9.05 Å². The molecule has 0 saturated carbocycles. The van der Waals surface area contributed by atoms with E-state index in [-0.39, 0.29) is 17.5 Å². The lowest BCUT2D eigenvalue weighted by molar-refractivity contribution is 0.143. The topological polar surface area (TPSA) is 81.7 Å². The molecule has 0 fully saturated rings. The zero-order chi connectivity index (χ0) is 14.8. The highest BCUT2D eigenvalue weighted by molar-refractivity contribution is 8.13. The van der Waals surface area contributed by atoms with Crippen molar-refractivity contribution < 1.29 is 22.7 Å². The molecule has 0 aromatic heterocycles. The van der Waals surface area contributed by atoms with Crippen LogP contribution in [0.1, 0.15) is 24.9 Å². The van der Waals surface area contributed by atoms with Crippen molar-refractivity contribution in [1.82, 2.24) is 5.32 Å². The van der Waals surface area contributed by atoms with Crippen LogP contribution in [0.3, 0.4) is 0 Å². The number of alkyl carbamates (subject to hydrolysis) is 1. The van der Waals surface area contributed by atoms with Crippen molar-refractivity contribution in [2.45, 2.75) is 24.3 Å². The second-order valence-electron chi connectivity index (χ2n) is 4.19. The third-order valence-corrected chi connectivity index (χ3v) is 4.22. The third-order valence-electron chi connectivity index (χ3n) is 2.87. The molecule has 1 aromatic rings. The lowest BCUT2D eigenvalue weighted by Gasteiger charge is -2.26. The molecule has 0 bridgehead atoms. The molecule has 1 atom stereocenters. The summed E-state index contributed by atoms with van der Waals surface area (Å²) in [5, 5.41) is 2.68. The molecule has 1 unspecified atom stereocenters. The highest BCUT2D eigenvalue weighted by Crippen LogP contribution is 2.34. The fourth-order valence-corrected chi connectivity index (χ4v) is 2.78. The molecule has 1 aliphatic rings. The summed E-state index contributed by atoms with van der Waals surface area (Å²) in [6.07, 6.45) is -0.0260. The number of hydrogen-bond donors (Lipinski definition) is 1. The van der Waals surface area contributed by atoms with E-state index in [0.717, 1.165) is 0 Å². The van der Waals surface area contributed by atoms with E-state index in [1.165, 1.54) is 18.2 Å². The number of carbonyl (C=O) groups is 1. The molecule has 6 nitrogen and oxygen atoms in total. The quantitative estimate of drug-likeness (QED) is 0.864. The van der Waals surface area contributed by atoms with Gasteiger partial charge in [-0.3, -0.25) is 0 Å². The minimum atomic E-state index is -3.83. The van der Waals surface area contributed by atoms with Crippen LogP contribution in [-0.4, -0.2) is 27.7 Å². The largest absolute Gasteiger partial charge is 0.493 e. The Balaban J connectivity index is 2.31. The minimum Gasteiger partial charge on any atom is -0.493 e. The van der Waals surface area contributed by atoms with Crippen molar-refractivity contribution in [1.29, 1.82) is 0 Å². The van der Waals surface area contributed by atoms with Gasteiger partial charge >= 0.3 is 6.09 Å². The normalized spacial score (nSPS) is 17.8. The Labute approximate surface area is 121 Å². The van der Waals surface area contributed by atoms with Gasteiger partial charge in [-0.15, -0.1) is 0 Å². The molecule has 1 amide bonds. The molecule has 8 heteroatoms. The predicted octanol–water partition coefficient (Wildman–Crippen LogP) is 2.18. The Morgan fingerprint density at radius 3 is 2.95 bits per heavy atom. The van der Waals surface area contributed by atoms with E-state index in [0.29, 0.717) is 24.3 Å². The van der Waals surface area contributed by atoms with Crippen molar-refractivity contribution in [3.8, 4) is 5.75 Å². The van der Waals surface area contributed by atoms with E-state index in [2.05, 4.69) is 5.32 Å². The van der Waals surface area contributed by atoms with Crippen LogP contribution in [0, 0.1) is 0 Å². The van der Waals surface area contributed by atoms with E-state index in [1.807, 2.05) is 0 Å². The monoisotopic (exact) mass is 319 g/mol. The average molecular weight is 320 g/mol. The summed E-state index contributed by atoms with van der Waals surface area (Å²) in [5.74, 6) is 0.530. The number of fused-ring (bicyclic) bond motifs is 1. The maximum absolute atomic E-state index is 11.5. The molecule has 1 N–H and O–H groups in total. The number of hydrogen-bond acceptors (Lipinski definition) is 5. The van der Waals surface area contributed by atoms with Gasteiger partial charge in [0.2, 0.25) is 0 Å². The van der Waals surface area contributed by atoms with Crippen LogP contribution in [0.5, 0.6) is 5.75 Å². The van der Waals surface area contributed by atoms with Gasteiger partial charge in [-0.25, -0.2) is 13.2 Å². The molecule has 0 spiro atoms. The van der Waals surface area contributed by atoms with Crippen LogP contribution in [0.15, 0.2) is 23.1 Å². The van der Waals surface area contributed by atoms with Gasteiger partial charge in [0.05, 0.1) is 24.2 Å². The van der Waals surface area contributed by atoms with Crippen LogP contribution in [0.25, 0.3) is 0 Å². The fourth-order valence-electron chi connectivity index (χ4n) is 1.99. The van der Waals surface area contributed by atoms with Crippen molar-refractivity contribution in [2.24, 2.45) is 0 Å². The smallest absolute Gasteiger partial charge is 0.407 e. The number of ether oxygens (including phenoxy) is 2. The van der Waals surface area contributed by atoms with Gasteiger partial charge in [-0.1, -0.05) is 0 Å². The molecule has 2 rings (SSSR count). The summed E-state index contributed by atoms with van der Waals surface area (Å²) >= 11 is 0. The Kier molecular flexibility index (Phi) is 4.39. The summed E-state index contributed by atoms with van der Waals surface area (Å²) in [6.45, 7) is 2.39. The first kappa shape index (κ1) is 14.9. The Bertz CT molecular complexity index is 616. The van der Waals surface area contributed by atoms with E-state index in [4.69, 9.17) is 20.2 Å². The van der Waals surface area contributed by atoms with Gasteiger partial charge in [-0.2, -0.15) is 0 Å². The molecule has 1 heterocycles. The standard InChI is InChI=1S/C12H14ClNO5S/c1-2-18-12(15)14-10-5-6-19-11-4-3-8(7-9(10)11)20(13,16)17/h3-4,7,10H,2,5-6H2,1H3,(H,14,15). The Hall–Kier alpha value is -1.47. The summed E-state index contributed by atoms with van der Waals surface area (Å²) in [6, 6.07) is 3.95. The molecular formula is C12H14ClNO5S. The molecule has 0 radical (unpaired) electrons. The van der Waals surface area contributed by atoms with Gasteiger partial charge in [0, 0.05) is 22.7 Å². The SMILES string of the molecule is CCOC(=O)NC1CCOc2ccc(S(=O)(=O)Cl)cc21. The van der Waals surface area contributed by atoms with E-state index >= 15 is 0 Å². The van der Waals surface area contributed by atoms with Gasteiger partial charge in [0.15, 0.2) is 0 Å². The van der Waals surface area contributed by atoms with Crippen LogP contribution < -0.4 is 10.1 Å². The number of rotatable bonds is 3. The summed E-state index contributed by atoms with van der Waals surface area (Å²) in [7, 11) is 1.50. The second kappa shape index (κ2) is 5.88. The first-order valence-corrected chi connectivity index (χ1v) is 8.37. The fraction of sp³-hybridized carbons (Fsp3) is 0.417. The number of carbonyl (C=O) groups excluding carboxylic acids is 1. The summed E-state index contributed by atoms with van der Waals surface area (Å²) in [4.78, 5) is 11.5. The Morgan fingerprint density at radius 2 is 2.30 bits per heavy atom. The summed E-state index contributed by atoms with van der Waals surface area (Å²) < 4.78 is 33.0. The molecule has 1 aliphatic heterocycles. The maximum Gasteiger partial charge on any atom is 0.407 e. The lowest BCUT2D eigenvalue weighted by Crippen LogP contribution is -2.32. The van der Waals surface area contributed by atoms with Crippen molar-refractivity contribution >= 4 is 25.8 Å². The van der Waals surface area contributed by atoms with Gasteiger partial charge < -0.3 is 14.8 Å². The number of nitrogens with one attached hydrogen (secondary N) is 1. The molecule has 20 heavy (non-hydrogen) atoms. The number of benzene rings is 1. The first-order chi connectivity index (χ1) is 9.41. The average Bonchev–Trinajstić information content (AvgIpc) is 2.38. The lowest BCUT2D eigenvalue weighted by atomic mass is 10.0. The number of amides is 1. The molecule has 0 saturated heterocycles. The molecule has 1 aromatic carbocycles. The highest BCUT2D eigenvalue weighted by atomic mass is 35.7. The first-order valence-electron chi connectivity index (χ1n) is 6.06. The zero-order valence-electron chi connectivity index (χ0n) is 10.8. The molecule has 110 valence electrons. The van der Waals surface area contributed by atoms with Gasteiger partial charge in [0.1, 0.15) is 5.75 Å².